The van der Waals surface area contributed by atoms with Crippen LogP contribution in [0.4, 0.5) is 8.78 Å². The minimum absolute atomic E-state index is 0. The number of aromatic nitrogens is 2. The molecular weight excluding hydrogens is 479 g/mol. The quantitative estimate of drug-likeness (QED) is 0.242. The molecule has 0 saturated carbocycles. The molecule has 2 rings (SSSR count). The molecule has 0 radical (unpaired) electrons. The fourth-order valence-electron chi connectivity index (χ4n) is 2.60. The zero-order valence-corrected chi connectivity index (χ0v) is 18.8. The highest BCUT2D eigenvalue weighted by Gasteiger charge is 2.08. The number of hydrogen-bond donors (Lipinski definition) is 1. The summed E-state index contributed by atoms with van der Waals surface area (Å²) < 4.78 is 30.7. The topological polar surface area (TPSA) is 54.7 Å². The number of alkyl halides is 2. The fraction of sp³-hybridized carbons (Fsp3) is 0.474. The number of rotatable bonds is 9. The first kappa shape index (κ1) is 24.1. The van der Waals surface area contributed by atoms with Crippen molar-refractivity contribution < 1.29 is 13.5 Å². The molecule has 1 N–H and O–H groups in total. The lowest BCUT2D eigenvalue weighted by Gasteiger charge is -2.22. The van der Waals surface area contributed by atoms with Crippen LogP contribution in [0.5, 0.6) is 5.75 Å². The first-order valence-electron chi connectivity index (χ1n) is 9.00. The summed E-state index contributed by atoms with van der Waals surface area (Å²) in [6.07, 6.45) is 4.75. The number of nitrogens with zero attached hydrogens (tertiary/aromatic N) is 4. The van der Waals surface area contributed by atoms with Crippen molar-refractivity contribution in [3.63, 3.8) is 0 Å². The molecule has 1 heterocycles. The third kappa shape index (κ3) is 8.41. The van der Waals surface area contributed by atoms with Crippen LogP contribution in [-0.4, -0.2) is 47.4 Å². The Morgan fingerprint density at radius 3 is 2.61 bits per heavy atom. The Labute approximate surface area is 182 Å². The van der Waals surface area contributed by atoms with E-state index in [9.17, 15) is 8.78 Å². The largest absolute Gasteiger partial charge is 0.435 e. The maximum absolute atomic E-state index is 12.2. The first-order valence-corrected chi connectivity index (χ1v) is 9.00. The van der Waals surface area contributed by atoms with Gasteiger partial charge in [0.1, 0.15) is 5.75 Å². The van der Waals surface area contributed by atoms with E-state index in [1.807, 2.05) is 42.9 Å². The van der Waals surface area contributed by atoms with Crippen LogP contribution in [0.15, 0.2) is 41.7 Å². The SMILES string of the molecule is CCNC(=NCCCn1cc(C)cn1)N(C)Cc1ccc(OC(F)F)cc1.I. The van der Waals surface area contributed by atoms with E-state index in [2.05, 4.69) is 20.1 Å². The zero-order chi connectivity index (χ0) is 19.6. The Balaban J connectivity index is 0.00000392. The number of aliphatic imine (C=N–C) groups is 1. The third-order valence-corrected chi connectivity index (χ3v) is 3.83. The lowest BCUT2D eigenvalue weighted by molar-refractivity contribution is -0.0498. The Morgan fingerprint density at radius 1 is 1.32 bits per heavy atom. The number of benzene rings is 1. The van der Waals surface area contributed by atoms with Gasteiger partial charge in [0.2, 0.25) is 0 Å². The monoisotopic (exact) mass is 507 g/mol. The van der Waals surface area contributed by atoms with Gasteiger partial charge in [-0.25, -0.2) is 0 Å². The standard InChI is InChI=1S/C19H27F2N5O.HI/c1-4-22-19(23-10-5-11-26-13-15(2)12-24-26)25(3)14-16-6-8-17(9-7-16)27-18(20)21;/h6-9,12-13,18H,4-5,10-11,14H2,1-3H3,(H,22,23);1H. The molecule has 2 aromatic rings. The number of guanidine groups is 1. The zero-order valence-electron chi connectivity index (χ0n) is 16.4. The molecule has 0 spiro atoms. The van der Waals surface area contributed by atoms with Crippen LogP contribution in [0.2, 0.25) is 0 Å². The maximum Gasteiger partial charge on any atom is 0.387 e. The summed E-state index contributed by atoms with van der Waals surface area (Å²) in [6.45, 7) is 4.12. The highest BCUT2D eigenvalue weighted by molar-refractivity contribution is 14.0. The van der Waals surface area contributed by atoms with E-state index >= 15 is 0 Å². The summed E-state index contributed by atoms with van der Waals surface area (Å²) in [7, 11) is 1.95. The van der Waals surface area contributed by atoms with Crippen molar-refractivity contribution >= 4 is 29.9 Å². The fourth-order valence-corrected chi connectivity index (χ4v) is 2.60. The number of nitrogens with one attached hydrogen (secondary N) is 1. The van der Waals surface area contributed by atoms with Crippen LogP contribution in [0, 0.1) is 6.92 Å². The highest BCUT2D eigenvalue weighted by Crippen LogP contribution is 2.15. The molecule has 1 aromatic heterocycles. The molecule has 0 amide bonds. The van der Waals surface area contributed by atoms with Crippen LogP contribution in [-0.2, 0) is 13.1 Å². The van der Waals surface area contributed by atoms with Gasteiger partial charge in [-0.2, -0.15) is 13.9 Å². The molecule has 1 aromatic carbocycles. The molecule has 6 nitrogen and oxygen atoms in total. The molecule has 0 saturated heterocycles. The Hall–Kier alpha value is -1.91. The number of halogens is 3. The van der Waals surface area contributed by atoms with Gasteiger partial charge >= 0.3 is 6.61 Å². The molecule has 0 fully saturated rings. The second kappa shape index (κ2) is 12.5. The minimum atomic E-state index is -2.81. The second-order valence-electron chi connectivity index (χ2n) is 6.25. The van der Waals surface area contributed by atoms with Crippen LogP contribution in [0.3, 0.4) is 0 Å². The summed E-state index contributed by atoms with van der Waals surface area (Å²) in [5.74, 6) is 0.966. The van der Waals surface area contributed by atoms with E-state index < -0.39 is 6.61 Å². The molecule has 0 unspecified atom stereocenters. The van der Waals surface area contributed by atoms with Gasteiger partial charge in [-0.3, -0.25) is 9.67 Å². The molecule has 28 heavy (non-hydrogen) atoms. The van der Waals surface area contributed by atoms with Crippen molar-refractivity contribution in [2.24, 2.45) is 4.99 Å². The summed E-state index contributed by atoms with van der Waals surface area (Å²) in [5.41, 5.74) is 2.13. The summed E-state index contributed by atoms with van der Waals surface area (Å²) in [5, 5.41) is 7.54. The average molecular weight is 507 g/mol. The predicted molar refractivity (Wildman–Crippen MR) is 118 cm³/mol. The number of hydrogen-bond acceptors (Lipinski definition) is 3. The van der Waals surface area contributed by atoms with Gasteiger partial charge < -0.3 is 15.0 Å². The first-order chi connectivity index (χ1) is 13.0. The van der Waals surface area contributed by atoms with Gasteiger partial charge in [0.25, 0.3) is 0 Å². The highest BCUT2D eigenvalue weighted by atomic mass is 127. The lowest BCUT2D eigenvalue weighted by atomic mass is 10.2. The van der Waals surface area contributed by atoms with Crippen molar-refractivity contribution in [3.8, 4) is 5.75 Å². The Bertz CT molecular complexity index is 721. The van der Waals surface area contributed by atoms with E-state index in [0.29, 0.717) is 13.1 Å². The number of aryl methyl sites for hydroxylation is 2. The molecule has 9 heteroatoms. The van der Waals surface area contributed by atoms with Crippen LogP contribution in [0.25, 0.3) is 0 Å². The van der Waals surface area contributed by atoms with Crippen LogP contribution in [0.1, 0.15) is 24.5 Å². The van der Waals surface area contributed by atoms with Crippen LogP contribution >= 0.6 is 24.0 Å². The maximum atomic E-state index is 12.2. The Morgan fingerprint density at radius 2 is 2.04 bits per heavy atom. The molecular formula is C19H28F2IN5O. The molecule has 156 valence electrons. The second-order valence-corrected chi connectivity index (χ2v) is 6.25. The molecule has 0 bridgehead atoms. The van der Waals surface area contributed by atoms with Gasteiger partial charge in [0.15, 0.2) is 5.96 Å². The molecule has 0 aliphatic heterocycles. The van der Waals surface area contributed by atoms with Crippen molar-refractivity contribution in [2.45, 2.75) is 40.0 Å². The minimum Gasteiger partial charge on any atom is -0.435 e. The van der Waals surface area contributed by atoms with Crippen molar-refractivity contribution in [1.82, 2.24) is 20.0 Å². The van der Waals surface area contributed by atoms with E-state index in [0.717, 1.165) is 36.6 Å². The van der Waals surface area contributed by atoms with Gasteiger partial charge in [-0.15, -0.1) is 24.0 Å². The lowest BCUT2D eigenvalue weighted by Crippen LogP contribution is -2.38. The van der Waals surface area contributed by atoms with Gasteiger partial charge in [0.05, 0.1) is 6.20 Å². The molecule has 0 atom stereocenters. The van der Waals surface area contributed by atoms with Gasteiger partial charge in [0, 0.05) is 39.4 Å². The normalized spacial score (nSPS) is 11.3. The Kier molecular flexibility index (Phi) is 10.8. The van der Waals surface area contributed by atoms with Gasteiger partial charge in [-0.1, -0.05) is 12.1 Å². The van der Waals surface area contributed by atoms with Crippen LogP contribution < -0.4 is 10.1 Å². The predicted octanol–water partition coefficient (Wildman–Crippen LogP) is 3.90. The third-order valence-electron chi connectivity index (χ3n) is 3.83. The molecule has 0 aliphatic rings. The molecule has 0 aliphatic carbocycles. The summed E-state index contributed by atoms with van der Waals surface area (Å²) >= 11 is 0. The van der Waals surface area contributed by atoms with E-state index in [4.69, 9.17) is 0 Å². The smallest absolute Gasteiger partial charge is 0.387 e. The average Bonchev–Trinajstić information content (AvgIpc) is 3.04. The van der Waals surface area contributed by atoms with Gasteiger partial charge in [-0.05, 0) is 43.5 Å². The van der Waals surface area contributed by atoms with Crippen molar-refractivity contribution in [2.75, 3.05) is 20.1 Å². The van der Waals surface area contributed by atoms with Crippen molar-refractivity contribution in [1.29, 1.82) is 0 Å². The summed E-state index contributed by atoms with van der Waals surface area (Å²) in [6, 6.07) is 6.65. The van der Waals surface area contributed by atoms with E-state index in [1.54, 1.807) is 24.3 Å². The van der Waals surface area contributed by atoms with Crippen molar-refractivity contribution in [3.05, 3.63) is 47.8 Å². The summed E-state index contributed by atoms with van der Waals surface area (Å²) in [4.78, 5) is 6.66. The number of ether oxygens (including phenoxy) is 1. The van der Waals surface area contributed by atoms with E-state index in [1.165, 1.54) is 0 Å². The van der Waals surface area contributed by atoms with E-state index in [-0.39, 0.29) is 29.7 Å².